The number of rotatable bonds is 3. The Morgan fingerprint density at radius 1 is 1.25 bits per heavy atom. The Balaban J connectivity index is 1.77. The Kier molecular flexibility index (Phi) is 3.82. The fraction of sp³-hybridized carbons (Fsp3) is 0.917. The molecule has 0 aromatic rings. The highest BCUT2D eigenvalue weighted by Gasteiger charge is 2.30. The number of carbonyl (C=O) groups is 1. The molecule has 92 valence electrons. The first-order valence-electron chi connectivity index (χ1n) is 6.29. The second kappa shape index (κ2) is 5.15. The van der Waals surface area contributed by atoms with Crippen molar-refractivity contribution < 1.29 is 9.90 Å². The zero-order valence-corrected chi connectivity index (χ0v) is 10.1. The number of hydrogen-bond acceptors (Lipinski definition) is 3. The number of aliphatic carboxylic acids is 1. The molecule has 1 N–H and O–H groups in total. The van der Waals surface area contributed by atoms with E-state index in [-0.39, 0.29) is 0 Å². The van der Waals surface area contributed by atoms with Crippen molar-refractivity contribution in [2.75, 3.05) is 33.2 Å². The summed E-state index contributed by atoms with van der Waals surface area (Å²) in [6.07, 6.45) is 3.91. The van der Waals surface area contributed by atoms with Crippen LogP contribution in [0.4, 0.5) is 0 Å². The molecule has 1 atom stereocenters. The standard InChI is InChI=1S/C12H22N2O2/c1-13-5-3-11(4-6-13)14-7-2-10(9-14)8-12(15)16/h10-11H,2-9H2,1H3,(H,15,16). The molecule has 0 aliphatic carbocycles. The Labute approximate surface area is 97.2 Å². The number of carboxylic acids is 1. The molecule has 16 heavy (non-hydrogen) atoms. The van der Waals surface area contributed by atoms with Gasteiger partial charge in [-0.1, -0.05) is 0 Å². The van der Waals surface area contributed by atoms with Crippen LogP contribution in [-0.4, -0.2) is 60.1 Å². The highest BCUT2D eigenvalue weighted by molar-refractivity contribution is 5.67. The lowest BCUT2D eigenvalue weighted by atomic mass is 10.0. The summed E-state index contributed by atoms with van der Waals surface area (Å²) in [6, 6.07) is 0.704. The minimum Gasteiger partial charge on any atom is -0.481 e. The predicted molar refractivity (Wildman–Crippen MR) is 62.5 cm³/mol. The van der Waals surface area contributed by atoms with Crippen LogP contribution in [0.3, 0.4) is 0 Å². The second-order valence-electron chi connectivity index (χ2n) is 5.28. The summed E-state index contributed by atoms with van der Waals surface area (Å²) in [5.74, 6) is -0.257. The van der Waals surface area contributed by atoms with Gasteiger partial charge in [0.1, 0.15) is 0 Å². The van der Waals surface area contributed by atoms with E-state index in [1.807, 2.05) is 0 Å². The van der Waals surface area contributed by atoms with Crippen molar-refractivity contribution >= 4 is 5.97 Å². The van der Waals surface area contributed by atoms with Crippen molar-refractivity contribution in [1.82, 2.24) is 9.80 Å². The molecule has 0 amide bonds. The van der Waals surface area contributed by atoms with Gasteiger partial charge in [0.05, 0.1) is 0 Å². The topological polar surface area (TPSA) is 43.8 Å². The van der Waals surface area contributed by atoms with Gasteiger partial charge in [0, 0.05) is 19.0 Å². The maximum Gasteiger partial charge on any atom is 0.303 e. The third-order valence-corrected chi connectivity index (χ3v) is 3.99. The molecule has 2 rings (SSSR count). The summed E-state index contributed by atoms with van der Waals surface area (Å²) in [5.41, 5.74) is 0. The largest absolute Gasteiger partial charge is 0.481 e. The number of hydrogen-bond donors (Lipinski definition) is 1. The van der Waals surface area contributed by atoms with Gasteiger partial charge in [0.15, 0.2) is 0 Å². The fourth-order valence-electron chi connectivity index (χ4n) is 2.97. The third-order valence-electron chi connectivity index (χ3n) is 3.99. The first kappa shape index (κ1) is 11.9. The second-order valence-corrected chi connectivity index (χ2v) is 5.28. The van der Waals surface area contributed by atoms with Crippen LogP contribution in [0.2, 0.25) is 0 Å². The van der Waals surface area contributed by atoms with Crippen molar-refractivity contribution in [3.05, 3.63) is 0 Å². The average Bonchev–Trinajstić information content (AvgIpc) is 2.66. The lowest BCUT2D eigenvalue weighted by Crippen LogP contribution is -2.42. The van der Waals surface area contributed by atoms with E-state index < -0.39 is 5.97 Å². The lowest BCUT2D eigenvalue weighted by Gasteiger charge is -2.35. The maximum absolute atomic E-state index is 10.7. The van der Waals surface area contributed by atoms with Gasteiger partial charge in [-0.2, -0.15) is 0 Å². The van der Waals surface area contributed by atoms with Gasteiger partial charge >= 0.3 is 5.97 Å². The zero-order chi connectivity index (χ0) is 11.5. The van der Waals surface area contributed by atoms with Crippen molar-refractivity contribution in [3.63, 3.8) is 0 Å². The summed E-state index contributed by atoms with van der Waals surface area (Å²) in [7, 11) is 2.17. The quantitative estimate of drug-likeness (QED) is 0.776. The van der Waals surface area contributed by atoms with Gasteiger partial charge in [-0.05, 0) is 51.9 Å². The Morgan fingerprint density at radius 2 is 1.94 bits per heavy atom. The van der Waals surface area contributed by atoms with E-state index in [1.165, 1.54) is 25.9 Å². The van der Waals surface area contributed by atoms with Crippen LogP contribution in [0, 0.1) is 5.92 Å². The maximum atomic E-state index is 10.7. The molecule has 2 fully saturated rings. The summed E-state index contributed by atoms with van der Waals surface area (Å²) >= 11 is 0. The minimum atomic E-state index is -0.643. The van der Waals surface area contributed by atoms with Crippen molar-refractivity contribution in [2.24, 2.45) is 5.92 Å². The molecule has 0 saturated carbocycles. The van der Waals surface area contributed by atoms with E-state index in [2.05, 4.69) is 16.8 Å². The van der Waals surface area contributed by atoms with E-state index in [4.69, 9.17) is 5.11 Å². The highest BCUT2D eigenvalue weighted by atomic mass is 16.4. The molecule has 2 aliphatic heterocycles. The molecule has 4 heteroatoms. The number of piperidine rings is 1. The van der Waals surface area contributed by atoms with Crippen molar-refractivity contribution in [3.8, 4) is 0 Å². The number of likely N-dealkylation sites (tertiary alicyclic amines) is 2. The highest BCUT2D eigenvalue weighted by Crippen LogP contribution is 2.25. The van der Waals surface area contributed by atoms with E-state index in [9.17, 15) is 4.79 Å². The first-order valence-corrected chi connectivity index (χ1v) is 6.29. The van der Waals surface area contributed by atoms with Crippen molar-refractivity contribution in [2.45, 2.75) is 31.7 Å². The number of nitrogens with zero attached hydrogens (tertiary/aromatic N) is 2. The van der Waals surface area contributed by atoms with Gasteiger partial charge in [0.25, 0.3) is 0 Å². The summed E-state index contributed by atoms with van der Waals surface area (Å²) in [5, 5.41) is 8.78. The van der Waals surface area contributed by atoms with Crippen LogP contribution in [0.1, 0.15) is 25.7 Å². The lowest BCUT2D eigenvalue weighted by molar-refractivity contribution is -0.138. The molecular weight excluding hydrogens is 204 g/mol. The van der Waals surface area contributed by atoms with Crippen LogP contribution in [0.15, 0.2) is 0 Å². The molecule has 2 saturated heterocycles. The molecule has 0 aromatic carbocycles. The van der Waals surface area contributed by atoms with E-state index in [0.717, 1.165) is 19.5 Å². The molecule has 2 aliphatic rings. The Bertz CT molecular complexity index is 249. The number of carboxylic acid groups (broad SMARTS) is 1. The molecule has 0 bridgehead atoms. The van der Waals surface area contributed by atoms with Gasteiger partial charge < -0.3 is 10.0 Å². The summed E-state index contributed by atoms with van der Waals surface area (Å²) in [6.45, 7) is 4.47. The van der Waals surface area contributed by atoms with Crippen LogP contribution < -0.4 is 0 Å². The monoisotopic (exact) mass is 226 g/mol. The molecule has 1 unspecified atom stereocenters. The average molecular weight is 226 g/mol. The SMILES string of the molecule is CN1CCC(N2CCC(CC(=O)O)C2)CC1. The van der Waals surface area contributed by atoms with Crippen LogP contribution >= 0.6 is 0 Å². The Morgan fingerprint density at radius 3 is 2.56 bits per heavy atom. The minimum absolute atomic E-state index is 0.350. The van der Waals surface area contributed by atoms with Gasteiger partial charge in [0.2, 0.25) is 0 Å². The normalized spacial score (nSPS) is 29.7. The summed E-state index contributed by atoms with van der Waals surface area (Å²) in [4.78, 5) is 15.5. The zero-order valence-electron chi connectivity index (χ0n) is 10.1. The van der Waals surface area contributed by atoms with Crippen molar-refractivity contribution in [1.29, 1.82) is 0 Å². The Hall–Kier alpha value is -0.610. The molecule has 2 heterocycles. The van der Waals surface area contributed by atoms with E-state index in [1.54, 1.807) is 0 Å². The van der Waals surface area contributed by atoms with Gasteiger partial charge in [-0.15, -0.1) is 0 Å². The van der Waals surface area contributed by atoms with Crippen LogP contribution in [-0.2, 0) is 4.79 Å². The molecule has 4 nitrogen and oxygen atoms in total. The molecule has 0 spiro atoms. The van der Waals surface area contributed by atoms with Crippen LogP contribution in [0.25, 0.3) is 0 Å². The van der Waals surface area contributed by atoms with Crippen LogP contribution in [0.5, 0.6) is 0 Å². The van der Waals surface area contributed by atoms with E-state index >= 15 is 0 Å². The smallest absolute Gasteiger partial charge is 0.303 e. The molecule has 0 radical (unpaired) electrons. The molecule has 0 aromatic heterocycles. The third kappa shape index (κ3) is 2.95. The van der Waals surface area contributed by atoms with Gasteiger partial charge in [-0.25, -0.2) is 0 Å². The van der Waals surface area contributed by atoms with E-state index in [0.29, 0.717) is 18.4 Å². The first-order chi connectivity index (χ1) is 7.65. The van der Waals surface area contributed by atoms with Gasteiger partial charge in [-0.3, -0.25) is 9.69 Å². The summed E-state index contributed by atoms with van der Waals surface area (Å²) < 4.78 is 0. The fourth-order valence-corrected chi connectivity index (χ4v) is 2.97. The predicted octanol–water partition coefficient (Wildman–Crippen LogP) is 0.877. The molecular formula is C12H22N2O2.